The zero-order valence-corrected chi connectivity index (χ0v) is 10.4. The Kier molecular flexibility index (Phi) is 10.9. The maximum Gasteiger partial charge on any atom is 0.0257 e. The molecule has 0 aliphatic heterocycles. The highest BCUT2D eigenvalue weighted by atomic mass is 35.5. The number of thioether (sulfide) groups is 2. The zero-order valence-electron chi connectivity index (χ0n) is 8.01. The van der Waals surface area contributed by atoms with Crippen molar-refractivity contribution in [3.8, 4) is 0 Å². The first-order valence-corrected chi connectivity index (χ1v) is 7.37. The molecule has 0 aromatic heterocycles. The lowest BCUT2D eigenvalue weighted by Gasteiger charge is -2.05. The van der Waals surface area contributed by atoms with Crippen LogP contribution in [-0.2, 0) is 0 Å². The smallest absolute Gasteiger partial charge is 0.0257 e. The van der Waals surface area contributed by atoms with Gasteiger partial charge in [0.05, 0.1) is 0 Å². The Hall–Kier alpha value is 0.990. The molecule has 0 rings (SSSR count). The number of alkyl halides is 1. The summed E-state index contributed by atoms with van der Waals surface area (Å²) in [6, 6.07) is 0. The lowest BCUT2D eigenvalue weighted by atomic mass is 10.3. The highest BCUT2D eigenvalue weighted by Gasteiger charge is 1.98. The van der Waals surface area contributed by atoms with Crippen LogP contribution < -0.4 is 0 Å². The van der Waals surface area contributed by atoms with Crippen molar-refractivity contribution in [2.45, 2.75) is 20.3 Å². The summed E-state index contributed by atoms with van der Waals surface area (Å²) in [5.74, 6) is 6.57. The Morgan fingerprint density at radius 3 is 2.50 bits per heavy atom. The minimum atomic E-state index is 0.676. The first kappa shape index (κ1) is 13.0. The molecule has 0 aromatic carbocycles. The van der Waals surface area contributed by atoms with Crippen LogP contribution in [0.2, 0.25) is 0 Å². The number of hydrogen-bond acceptors (Lipinski definition) is 2. The topological polar surface area (TPSA) is 0 Å². The minimum Gasteiger partial charge on any atom is -0.162 e. The van der Waals surface area contributed by atoms with Crippen LogP contribution in [0.25, 0.3) is 0 Å². The third-order valence-corrected chi connectivity index (χ3v) is 4.34. The molecule has 0 aliphatic rings. The summed E-state index contributed by atoms with van der Waals surface area (Å²) in [4.78, 5) is 0. The monoisotopic (exact) mass is 226 g/mol. The SMILES string of the molecule is CCSCCCSCC(C)CCl. The maximum absolute atomic E-state index is 5.70. The van der Waals surface area contributed by atoms with E-state index in [9.17, 15) is 0 Å². The van der Waals surface area contributed by atoms with E-state index in [1.807, 2.05) is 23.5 Å². The molecule has 0 aliphatic carbocycles. The normalized spacial score (nSPS) is 13.2. The molecule has 1 unspecified atom stereocenters. The van der Waals surface area contributed by atoms with Gasteiger partial charge in [0.2, 0.25) is 0 Å². The van der Waals surface area contributed by atoms with Gasteiger partial charge in [0.1, 0.15) is 0 Å². The largest absolute Gasteiger partial charge is 0.162 e. The van der Waals surface area contributed by atoms with Crippen molar-refractivity contribution in [1.29, 1.82) is 0 Å². The van der Waals surface area contributed by atoms with Crippen LogP contribution in [-0.4, -0.2) is 28.9 Å². The first-order valence-electron chi connectivity index (χ1n) is 4.52. The third kappa shape index (κ3) is 9.08. The Balaban J connectivity index is 2.90. The molecule has 0 radical (unpaired) electrons. The molecule has 0 nitrogen and oxygen atoms in total. The van der Waals surface area contributed by atoms with Gasteiger partial charge >= 0.3 is 0 Å². The molecular formula is C9H19ClS2. The summed E-state index contributed by atoms with van der Waals surface area (Å²) in [5.41, 5.74) is 0. The van der Waals surface area contributed by atoms with Crippen molar-refractivity contribution in [2.24, 2.45) is 5.92 Å². The first-order chi connectivity index (χ1) is 5.81. The summed E-state index contributed by atoms with van der Waals surface area (Å²) in [5, 5.41) is 0. The van der Waals surface area contributed by atoms with Crippen LogP contribution in [0.4, 0.5) is 0 Å². The molecule has 0 saturated carbocycles. The van der Waals surface area contributed by atoms with Gasteiger partial charge in [0.25, 0.3) is 0 Å². The second-order valence-corrected chi connectivity index (χ2v) is 5.74. The van der Waals surface area contributed by atoms with E-state index in [0.717, 1.165) is 5.88 Å². The molecule has 0 saturated heterocycles. The highest BCUT2D eigenvalue weighted by Crippen LogP contribution is 2.12. The van der Waals surface area contributed by atoms with E-state index < -0.39 is 0 Å². The van der Waals surface area contributed by atoms with E-state index in [4.69, 9.17) is 11.6 Å². The van der Waals surface area contributed by atoms with Gasteiger partial charge in [-0.3, -0.25) is 0 Å². The Bertz CT molecular complexity index is 88.6. The number of halogens is 1. The Morgan fingerprint density at radius 2 is 1.92 bits per heavy atom. The molecule has 12 heavy (non-hydrogen) atoms. The number of hydrogen-bond donors (Lipinski definition) is 0. The van der Waals surface area contributed by atoms with Gasteiger partial charge in [-0.25, -0.2) is 0 Å². The molecule has 74 valence electrons. The third-order valence-electron chi connectivity index (χ3n) is 1.45. The van der Waals surface area contributed by atoms with Crippen LogP contribution >= 0.6 is 35.1 Å². The molecule has 0 spiro atoms. The van der Waals surface area contributed by atoms with Crippen LogP contribution in [0.15, 0.2) is 0 Å². The van der Waals surface area contributed by atoms with Gasteiger partial charge in [0, 0.05) is 5.88 Å². The minimum absolute atomic E-state index is 0.676. The van der Waals surface area contributed by atoms with Crippen molar-refractivity contribution in [3.05, 3.63) is 0 Å². The van der Waals surface area contributed by atoms with Crippen molar-refractivity contribution < 1.29 is 0 Å². The average Bonchev–Trinajstić information content (AvgIpc) is 2.10. The Morgan fingerprint density at radius 1 is 1.25 bits per heavy atom. The molecule has 1 atom stereocenters. The van der Waals surface area contributed by atoms with E-state index in [0.29, 0.717) is 5.92 Å². The summed E-state index contributed by atoms with van der Waals surface area (Å²) < 4.78 is 0. The molecule has 0 bridgehead atoms. The van der Waals surface area contributed by atoms with Crippen molar-refractivity contribution in [2.75, 3.05) is 28.9 Å². The zero-order chi connectivity index (χ0) is 9.23. The predicted octanol–water partition coefficient (Wildman–Crippen LogP) is 3.74. The lowest BCUT2D eigenvalue weighted by Crippen LogP contribution is -2.00. The average molecular weight is 227 g/mol. The molecule has 3 heteroatoms. The van der Waals surface area contributed by atoms with Crippen LogP contribution in [0.5, 0.6) is 0 Å². The fourth-order valence-electron chi connectivity index (χ4n) is 0.736. The standard InChI is InChI=1S/C9H19ClS2/c1-3-11-5-4-6-12-8-9(2)7-10/h9H,3-8H2,1-2H3. The molecule has 0 fully saturated rings. The second-order valence-electron chi connectivity index (χ2n) is 2.88. The highest BCUT2D eigenvalue weighted by molar-refractivity contribution is 8.00. The van der Waals surface area contributed by atoms with Gasteiger partial charge in [0.15, 0.2) is 0 Å². The van der Waals surface area contributed by atoms with Crippen molar-refractivity contribution in [3.63, 3.8) is 0 Å². The summed E-state index contributed by atoms with van der Waals surface area (Å²) in [6.45, 7) is 4.42. The van der Waals surface area contributed by atoms with Crippen molar-refractivity contribution >= 4 is 35.1 Å². The van der Waals surface area contributed by atoms with E-state index in [1.54, 1.807) is 0 Å². The van der Waals surface area contributed by atoms with Crippen LogP contribution in [0, 0.1) is 5.92 Å². The Labute approximate surface area is 90.2 Å². The molecule has 0 heterocycles. The van der Waals surface area contributed by atoms with Crippen LogP contribution in [0.1, 0.15) is 20.3 Å². The second kappa shape index (κ2) is 10.1. The maximum atomic E-state index is 5.70. The summed E-state index contributed by atoms with van der Waals surface area (Å²) >= 11 is 9.77. The van der Waals surface area contributed by atoms with E-state index in [2.05, 4.69) is 13.8 Å². The van der Waals surface area contributed by atoms with E-state index >= 15 is 0 Å². The van der Waals surface area contributed by atoms with E-state index in [1.165, 1.54) is 29.4 Å². The van der Waals surface area contributed by atoms with Gasteiger partial charge in [-0.15, -0.1) is 11.6 Å². The lowest BCUT2D eigenvalue weighted by molar-refractivity contribution is 0.758. The quantitative estimate of drug-likeness (QED) is 0.457. The molecule has 0 N–H and O–H groups in total. The van der Waals surface area contributed by atoms with E-state index in [-0.39, 0.29) is 0 Å². The van der Waals surface area contributed by atoms with Gasteiger partial charge < -0.3 is 0 Å². The predicted molar refractivity (Wildman–Crippen MR) is 64.8 cm³/mol. The van der Waals surface area contributed by atoms with Crippen LogP contribution in [0.3, 0.4) is 0 Å². The molecular weight excluding hydrogens is 208 g/mol. The summed E-state index contributed by atoms with van der Waals surface area (Å²) in [6.07, 6.45) is 1.35. The molecule has 0 aromatic rings. The van der Waals surface area contributed by atoms with Crippen molar-refractivity contribution in [1.82, 2.24) is 0 Å². The van der Waals surface area contributed by atoms with Gasteiger partial charge in [-0.05, 0) is 35.4 Å². The fourth-order valence-corrected chi connectivity index (χ4v) is 2.83. The van der Waals surface area contributed by atoms with Gasteiger partial charge in [-0.1, -0.05) is 13.8 Å². The summed E-state index contributed by atoms with van der Waals surface area (Å²) in [7, 11) is 0. The van der Waals surface area contributed by atoms with Gasteiger partial charge in [-0.2, -0.15) is 23.5 Å². The number of rotatable bonds is 8. The molecule has 0 amide bonds. The fraction of sp³-hybridized carbons (Fsp3) is 1.00.